The molecule has 2 amide bonds. The largest absolute Gasteiger partial charge is 0.424 e. The summed E-state index contributed by atoms with van der Waals surface area (Å²) >= 11 is 0. The van der Waals surface area contributed by atoms with Crippen LogP contribution in [-0.4, -0.2) is 37.8 Å². The summed E-state index contributed by atoms with van der Waals surface area (Å²) in [6.07, 6.45) is 5.08. The monoisotopic (exact) mass is 479 g/mol. The number of urea groups is 1. The zero-order valence-electron chi connectivity index (χ0n) is 20.4. The van der Waals surface area contributed by atoms with E-state index in [2.05, 4.69) is 25.4 Å². The minimum atomic E-state index is -0.286. The van der Waals surface area contributed by atoms with Crippen molar-refractivity contribution in [1.82, 2.24) is 24.7 Å². The topological polar surface area (TPSA) is 98.1 Å². The maximum absolute atomic E-state index is 13.0. The molecule has 0 saturated carbocycles. The number of rotatable bonds is 5. The number of aryl methyl sites for hydroxylation is 3. The number of aromatic nitrogens is 5. The molecule has 3 heterocycles. The van der Waals surface area contributed by atoms with E-state index in [0.29, 0.717) is 17.1 Å². The maximum atomic E-state index is 13.0. The van der Waals surface area contributed by atoms with Crippen LogP contribution in [0.3, 0.4) is 0 Å². The zero-order chi connectivity index (χ0) is 25.2. The average Bonchev–Trinajstić information content (AvgIpc) is 3.18. The molecule has 2 aromatic carbocycles. The Morgan fingerprint density at radius 3 is 2.72 bits per heavy atom. The smallest absolute Gasteiger partial charge is 0.326 e. The van der Waals surface area contributed by atoms with E-state index < -0.39 is 0 Å². The molecule has 5 rings (SSSR count). The van der Waals surface area contributed by atoms with Gasteiger partial charge in [-0.15, -0.1) is 0 Å². The Morgan fingerprint density at radius 1 is 1.06 bits per heavy atom. The molecule has 0 unspecified atom stereocenters. The number of benzene rings is 2. The molecule has 1 N–H and O–H groups in total. The van der Waals surface area contributed by atoms with E-state index in [0.717, 1.165) is 33.4 Å². The number of amides is 2. The van der Waals surface area contributed by atoms with Crippen LogP contribution >= 0.6 is 0 Å². The lowest BCUT2D eigenvalue weighted by molar-refractivity contribution is 0.258. The van der Waals surface area contributed by atoms with E-state index in [9.17, 15) is 4.79 Å². The van der Waals surface area contributed by atoms with Gasteiger partial charge in [-0.3, -0.25) is 14.6 Å². The molecular formula is C27H25N7O2. The van der Waals surface area contributed by atoms with Crippen LogP contribution in [-0.2, 0) is 7.05 Å². The van der Waals surface area contributed by atoms with Gasteiger partial charge >= 0.3 is 12.0 Å². The van der Waals surface area contributed by atoms with E-state index in [1.54, 1.807) is 42.7 Å². The van der Waals surface area contributed by atoms with Crippen LogP contribution in [0.15, 0.2) is 73.2 Å². The molecule has 0 bridgehead atoms. The lowest BCUT2D eigenvalue weighted by Gasteiger charge is -2.19. The molecular weight excluding hydrogens is 454 g/mol. The third-order valence-electron chi connectivity index (χ3n) is 6.04. The van der Waals surface area contributed by atoms with Crippen molar-refractivity contribution in [2.45, 2.75) is 13.8 Å². The minimum absolute atomic E-state index is 0.207. The van der Waals surface area contributed by atoms with Gasteiger partial charge in [0, 0.05) is 66.8 Å². The fourth-order valence-electron chi connectivity index (χ4n) is 3.80. The number of fused-ring (bicyclic) bond motifs is 1. The number of carbonyl (C=O) groups excluding carboxylic acids is 1. The first kappa shape index (κ1) is 23.0. The van der Waals surface area contributed by atoms with Crippen LogP contribution in [0.4, 0.5) is 16.2 Å². The van der Waals surface area contributed by atoms with Crippen molar-refractivity contribution < 1.29 is 9.53 Å². The molecule has 0 aliphatic carbocycles. The van der Waals surface area contributed by atoms with Gasteiger partial charge in [-0.1, -0.05) is 6.07 Å². The van der Waals surface area contributed by atoms with E-state index >= 15 is 0 Å². The number of pyridine rings is 1. The summed E-state index contributed by atoms with van der Waals surface area (Å²) < 4.78 is 7.81. The summed E-state index contributed by atoms with van der Waals surface area (Å²) in [5, 5.41) is 8.50. The Hall–Kier alpha value is -4.79. The van der Waals surface area contributed by atoms with Gasteiger partial charge in [-0.05, 0) is 61.9 Å². The van der Waals surface area contributed by atoms with Crippen molar-refractivity contribution in [2.75, 3.05) is 17.3 Å². The number of hydrogen-bond acceptors (Lipinski definition) is 6. The molecule has 9 nitrogen and oxygen atoms in total. The predicted octanol–water partition coefficient (Wildman–Crippen LogP) is 5.50. The Bertz CT molecular complexity index is 1560. The summed E-state index contributed by atoms with van der Waals surface area (Å²) in [7, 11) is 3.62. The average molecular weight is 480 g/mol. The quantitative estimate of drug-likeness (QED) is 0.357. The molecule has 0 saturated heterocycles. The summed E-state index contributed by atoms with van der Waals surface area (Å²) in [4.78, 5) is 27.4. The fourth-order valence-corrected chi connectivity index (χ4v) is 3.80. The van der Waals surface area contributed by atoms with Gasteiger partial charge in [-0.2, -0.15) is 10.1 Å². The highest BCUT2D eigenvalue weighted by atomic mass is 16.5. The van der Waals surface area contributed by atoms with Gasteiger partial charge in [0.15, 0.2) is 0 Å². The van der Waals surface area contributed by atoms with Crippen LogP contribution in [0.2, 0.25) is 0 Å². The van der Waals surface area contributed by atoms with E-state index in [4.69, 9.17) is 4.74 Å². The Morgan fingerprint density at radius 2 is 1.92 bits per heavy atom. The number of hydrogen-bond donors (Lipinski definition) is 1. The number of ether oxygens (including phenoxy) is 1. The molecule has 36 heavy (non-hydrogen) atoms. The molecule has 0 atom stereocenters. The highest BCUT2D eigenvalue weighted by Gasteiger charge is 2.15. The van der Waals surface area contributed by atoms with Gasteiger partial charge in [-0.25, -0.2) is 9.78 Å². The van der Waals surface area contributed by atoms with Crippen LogP contribution in [0, 0.1) is 13.8 Å². The van der Waals surface area contributed by atoms with Crippen LogP contribution in [0.25, 0.3) is 22.2 Å². The van der Waals surface area contributed by atoms with E-state index in [-0.39, 0.29) is 12.0 Å². The SMILES string of the molecule is Cc1ccc(NC(=O)N(C)c2ccc3c(C)n(C)nc3c2)cc1Oc1nccc(-c2cccnc2)n1. The lowest BCUT2D eigenvalue weighted by Crippen LogP contribution is -2.31. The van der Waals surface area contributed by atoms with Gasteiger partial charge in [0.25, 0.3) is 0 Å². The standard InChI is InChI=1S/C27H25N7O2/c1-17-7-8-20(14-25(17)36-26-29-13-11-23(31-26)19-6-5-12-28-16-19)30-27(35)33(3)21-9-10-22-18(2)34(4)32-24(22)15-21/h5-16H,1-4H3,(H,30,35). The van der Waals surface area contributed by atoms with Gasteiger partial charge in [0.2, 0.25) is 0 Å². The number of nitrogens with one attached hydrogen (secondary N) is 1. The molecule has 0 aliphatic rings. The minimum Gasteiger partial charge on any atom is -0.424 e. The fraction of sp³-hybridized carbons (Fsp3) is 0.148. The van der Waals surface area contributed by atoms with E-state index in [1.807, 2.05) is 68.0 Å². The molecule has 0 aliphatic heterocycles. The van der Waals surface area contributed by atoms with Gasteiger partial charge in [0.05, 0.1) is 11.2 Å². The molecule has 0 fully saturated rings. The molecule has 0 radical (unpaired) electrons. The third kappa shape index (κ3) is 4.58. The van der Waals surface area contributed by atoms with Crippen LogP contribution in [0.1, 0.15) is 11.3 Å². The first-order valence-corrected chi connectivity index (χ1v) is 11.4. The second-order valence-corrected chi connectivity index (χ2v) is 8.45. The van der Waals surface area contributed by atoms with Crippen LogP contribution < -0.4 is 15.0 Å². The Kier molecular flexibility index (Phi) is 6.03. The summed E-state index contributed by atoms with van der Waals surface area (Å²) in [6, 6.07) is 16.7. The Balaban J connectivity index is 1.33. The first-order valence-electron chi connectivity index (χ1n) is 11.4. The van der Waals surface area contributed by atoms with E-state index in [1.165, 1.54) is 0 Å². The van der Waals surface area contributed by atoms with Crippen molar-refractivity contribution in [3.8, 4) is 23.0 Å². The predicted molar refractivity (Wildman–Crippen MR) is 139 cm³/mol. The van der Waals surface area contributed by atoms with Crippen molar-refractivity contribution >= 4 is 28.3 Å². The molecule has 3 aromatic heterocycles. The summed E-state index contributed by atoms with van der Waals surface area (Å²) in [5.74, 6) is 0.546. The molecule has 0 spiro atoms. The third-order valence-corrected chi connectivity index (χ3v) is 6.04. The normalized spacial score (nSPS) is 10.9. The highest BCUT2D eigenvalue weighted by molar-refractivity contribution is 6.02. The highest BCUT2D eigenvalue weighted by Crippen LogP contribution is 2.28. The van der Waals surface area contributed by atoms with Gasteiger partial charge in [0.1, 0.15) is 5.75 Å². The first-order chi connectivity index (χ1) is 17.4. The van der Waals surface area contributed by atoms with Crippen molar-refractivity contribution in [3.63, 3.8) is 0 Å². The van der Waals surface area contributed by atoms with Crippen molar-refractivity contribution in [2.24, 2.45) is 7.05 Å². The zero-order valence-corrected chi connectivity index (χ0v) is 20.4. The van der Waals surface area contributed by atoms with Crippen LogP contribution in [0.5, 0.6) is 11.8 Å². The van der Waals surface area contributed by atoms with Crippen molar-refractivity contribution in [1.29, 1.82) is 0 Å². The summed E-state index contributed by atoms with van der Waals surface area (Å²) in [6.45, 7) is 3.94. The second kappa shape index (κ2) is 9.46. The maximum Gasteiger partial charge on any atom is 0.326 e. The number of anilines is 2. The molecule has 9 heteroatoms. The molecule has 180 valence electrons. The Labute approximate surface area is 208 Å². The van der Waals surface area contributed by atoms with Crippen molar-refractivity contribution in [3.05, 3.63) is 84.4 Å². The molecule has 5 aromatic rings. The van der Waals surface area contributed by atoms with Gasteiger partial charge < -0.3 is 10.1 Å². The second-order valence-electron chi connectivity index (χ2n) is 8.45. The lowest BCUT2D eigenvalue weighted by atomic mass is 10.2. The number of carbonyl (C=O) groups is 1. The summed E-state index contributed by atoms with van der Waals surface area (Å²) in [5.41, 5.74) is 5.69. The number of nitrogens with zero attached hydrogens (tertiary/aromatic N) is 6.